The van der Waals surface area contributed by atoms with Gasteiger partial charge in [0, 0.05) is 11.1 Å². The number of methoxy groups -OCH3 is 2. The summed E-state index contributed by atoms with van der Waals surface area (Å²) in [5.41, 5.74) is 3.89. The van der Waals surface area contributed by atoms with Crippen LogP contribution in [0.3, 0.4) is 0 Å². The largest absolute Gasteiger partial charge is 0.497 e. The minimum Gasteiger partial charge on any atom is -0.497 e. The Balaban J connectivity index is 2.07. The number of aromatic amines is 1. The molecule has 1 aromatic heterocycles. The second-order valence-corrected chi connectivity index (χ2v) is 4.59. The number of ether oxygens (including phenoxy) is 2. The van der Waals surface area contributed by atoms with Gasteiger partial charge in [0.1, 0.15) is 11.5 Å². The van der Waals surface area contributed by atoms with E-state index in [1.165, 1.54) is 0 Å². The predicted octanol–water partition coefficient (Wildman–Crippen LogP) is 3.76. The maximum absolute atomic E-state index is 5.28. The highest BCUT2D eigenvalue weighted by Crippen LogP contribution is 2.32. The van der Waals surface area contributed by atoms with E-state index >= 15 is 0 Å². The van der Waals surface area contributed by atoms with Crippen LogP contribution in [0, 0.1) is 0 Å². The number of aromatic nitrogens is 2. The van der Waals surface area contributed by atoms with Gasteiger partial charge in [-0.25, -0.2) is 4.98 Å². The zero-order valence-electron chi connectivity index (χ0n) is 12.0. The van der Waals surface area contributed by atoms with E-state index in [1.807, 2.05) is 48.5 Å². The van der Waals surface area contributed by atoms with E-state index < -0.39 is 0 Å². The maximum Gasteiger partial charge on any atom is 0.119 e. The third kappa shape index (κ3) is 2.60. The fraction of sp³-hybridized carbons (Fsp3) is 0.118. The van der Waals surface area contributed by atoms with Crippen molar-refractivity contribution in [2.75, 3.05) is 14.2 Å². The first-order valence-corrected chi connectivity index (χ1v) is 6.64. The lowest BCUT2D eigenvalue weighted by Gasteiger charge is -2.07. The number of hydrogen-bond donors (Lipinski definition) is 1. The first-order chi connectivity index (χ1) is 10.3. The normalized spacial score (nSPS) is 10.4. The molecule has 0 spiro atoms. The van der Waals surface area contributed by atoms with Crippen LogP contribution in [-0.2, 0) is 0 Å². The highest BCUT2D eigenvalue weighted by Gasteiger charge is 2.11. The average Bonchev–Trinajstić information content (AvgIpc) is 3.04. The van der Waals surface area contributed by atoms with Crippen LogP contribution >= 0.6 is 0 Å². The molecule has 2 aromatic carbocycles. The highest BCUT2D eigenvalue weighted by molar-refractivity contribution is 5.79. The number of H-pyrrole nitrogens is 1. The van der Waals surface area contributed by atoms with Crippen LogP contribution in [0.2, 0.25) is 0 Å². The van der Waals surface area contributed by atoms with Crippen LogP contribution in [0.15, 0.2) is 54.9 Å². The molecular formula is C17H16N2O2. The number of imidazole rings is 1. The van der Waals surface area contributed by atoms with Gasteiger partial charge in [-0.15, -0.1) is 0 Å². The Morgan fingerprint density at radius 2 is 1.48 bits per heavy atom. The van der Waals surface area contributed by atoms with E-state index in [2.05, 4.69) is 9.97 Å². The quantitative estimate of drug-likeness (QED) is 0.791. The molecule has 21 heavy (non-hydrogen) atoms. The SMILES string of the molecule is COc1cccc(-c2nc[nH]c2-c2cccc(OC)c2)c1. The van der Waals surface area contributed by atoms with E-state index in [1.54, 1.807) is 20.5 Å². The summed E-state index contributed by atoms with van der Waals surface area (Å²) < 4.78 is 10.6. The molecule has 0 amide bonds. The molecule has 0 aliphatic carbocycles. The van der Waals surface area contributed by atoms with Gasteiger partial charge < -0.3 is 14.5 Å². The van der Waals surface area contributed by atoms with E-state index in [9.17, 15) is 0 Å². The van der Waals surface area contributed by atoms with Gasteiger partial charge in [0.15, 0.2) is 0 Å². The van der Waals surface area contributed by atoms with Crippen molar-refractivity contribution in [3.63, 3.8) is 0 Å². The molecule has 0 atom stereocenters. The molecule has 3 aromatic rings. The van der Waals surface area contributed by atoms with Crippen molar-refractivity contribution in [1.82, 2.24) is 9.97 Å². The molecule has 0 bridgehead atoms. The van der Waals surface area contributed by atoms with E-state index in [0.29, 0.717) is 0 Å². The van der Waals surface area contributed by atoms with Crippen molar-refractivity contribution in [2.45, 2.75) is 0 Å². The number of rotatable bonds is 4. The van der Waals surface area contributed by atoms with Gasteiger partial charge in [0.2, 0.25) is 0 Å². The lowest BCUT2D eigenvalue weighted by molar-refractivity contribution is 0.415. The zero-order chi connectivity index (χ0) is 14.7. The molecule has 0 radical (unpaired) electrons. The van der Waals surface area contributed by atoms with Crippen LogP contribution in [0.25, 0.3) is 22.5 Å². The van der Waals surface area contributed by atoms with Gasteiger partial charge in [-0.05, 0) is 24.3 Å². The Morgan fingerprint density at radius 3 is 2.14 bits per heavy atom. The minimum absolute atomic E-state index is 0.812. The van der Waals surface area contributed by atoms with Crippen LogP contribution in [-0.4, -0.2) is 24.2 Å². The topological polar surface area (TPSA) is 47.1 Å². The Kier molecular flexibility index (Phi) is 3.60. The number of nitrogens with one attached hydrogen (secondary N) is 1. The van der Waals surface area contributed by atoms with E-state index in [0.717, 1.165) is 34.0 Å². The molecule has 0 saturated carbocycles. The number of nitrogens with zero attached hydrogens (tertiary/aromatic N) is 1. The predicted molar refractivity (Wildman–Crippen MR) is 82.6 cm³/mol. The van der Waals surface area contributed by atoms with E-state index in [-0.39, 0.29) is 0 Å². The second-order valence-electron chi connectivity index (χ2n) is 4.59. The van der Waals surface area contributed by atoms with Crippen molar-refractivity contribution in [3.05, 3.63) is 54.9 Å². The summed E-state index contributed by atoms with van der Waals surface area (Å²) in [6.45, 7) is 0. The van der Waals surface area contributed by atoms with Gasteiger partial charge in [-0.3, -0.25) is 0 Å². The van der Waals surface area contributed by atoms with Crippen LogP contribution in [0.4, 0.5) is 0 Å². The third-order valence-corrected chi connectivity index (χ3v) is 3.34. The van der Waals surface area contributed by atoms with E-state index in [4.69, 9.17) is 9.47 Å². The molecule has 106 valence electrons. The van der Waals surface area contributed by atoms with Crippen LogP contribution in [0.1, 0.15) is 0 Å². The fourth-order valence-electron chi connectivity index (χ4n) is 2.28. The molecule has 0 saturated heterocycles. The summed E-state index contributed by atoms with van der Waals surface area (Å²) in [7, 11) is 3.32. The summed E-state index contributed by atoms with van der Waals surface area (Å²) in [5.74, 6) is 1.63. The Morgan fingerprint density at radius 1 is 0.857 bits per heavy atom. The monoisotopic (exact) mass is 280 g/mol. The smallest absolute Gasteiger partial charge is 0.119 e. The van der Waals surface area contributed by atoms with Crippen molar-refractivity contribution < 1.29 is 9.47 Å². The van der Waals surface area contributed by atoms with Crippen LogP contribution in [0.5, 0.6) is 11.5 Å². The first-order valence-electron chi connectivity index (χ1n) is 6.64. The molecule has 0 aliphatic heterocycles. The van der Waals surface area contributed by atoms with Crippen molar-refractivity contribution in [2.24, 2.45) is 0 Å². The molecule has 4 nitrogen and oxygen atoms in total. The highest BCUT2D eigenvalue weighted by atomic mass is 16.5. The summed E-state index contributed by atoms with van der Waals surface area (Å²) in [4.78, 5) is 7.64. The molecule has 0 fully saturated rings. The standard InChI is InChI=1S/C17H16N2O2/c1-20-14-7-3-5-12(9-14)16-17(19-11-18-16)13-6-4-8-15(10-13)21-2/h3-11H,1-2H3,(H,18,19). The lowest BCUT2D eigenvalue weighted by atomic mass is 10.0. The Hall–Kier alpha value is -2.75. The zero-order valence-corrected chi connectivity index (χ0v) is 12.0. The average molecular weight is 280 g/mol. The Bertz CT molecular complexity index is 688. The molecule has 0 unspecified atom stereocenters. The molecular weight excluding hydrogens is 264 g/mol. The molecule has 1 N–H and O–H groups in total. The van der Waals surface area contributed by atoms with Gasteiger partial charge in [0.05, 0.1) is 31.9 Å². The van der Waals surface area contributed by atoms with Crippen LogP contribution < -0.4 is 9.47 Å². The van der Waals surface area contributed by atoms with Gasteiger partial charge in [-0.2, -0.15) is 0 Å². The summed E-state index contributed by atoms with van der Waals surface area (Å²) in [6, 6.07) is 15.8. The molecule has 1 heterocycles. The maximum atomic E-state index is 5.28. The second kappa shape index (κ2) is 5.71. The minimum atomic E-state index is 0.812. The number of hydrogen-bond acceptors (Lipinski definition) is 3. The van der Waals surface area contributed by atoms with Crippen molar-refractivity contribution in [3.8, 4) is 34.0 Å². The molecule has 3 rings (SSSR count). The fourth-order valence-corrected chi connectivity index (χ4v) is 2.28. The third-order valence-electron chi connectivity index (χ3n) is 3.34. The Labute approximate surface area is 123 Å². The summed E-state index contributed by atoms with van der Waals surface area (Å²) in [5, 5.41) is 0. The summed E-state index contributed by atoms with van der Waals surface area (Å²) >= 11 is 0. The van der Waals surface area contributed by atoms with Crippen molar-refractivity contribution >= 4 is 0 Å². The first kappa shape index (κ1) is 13.2. The van der Waals surface area contributed by atoms with Gasteiger partial charge in [0.25, 0.3) is 0 Å². The number of benzene rings is 2. The van der Waals surface area contributed by atoms with Crippen molar-refractivity contribution in [1.29, 1.82) is 0 Å². The molecule has 0 aliphatic rings. The van der Waals surface area contributed by atoms with Gasteiger partial charge >= 0.3 is 0 Å². The van der Waals surface area contributed by atoms with Gasteiger partial charge in [-0.1, -0.05) is 24.3 Å². The molecule has 4 heteroatoms. The lowest BCUT2D eigenvalue weighted by Crippen LogP contribution is -1.88. The summed E-state index contributed by atoms with van der Waals surface area (Å²) in [6.07, 6.45) is 1.70.